The monoisotopic (exact) mass is 236 g/mol. The van der Waals surface area contributed by atoms with E-state index in [1.165, 1.54) is 25.1 Å². The molecule has 0 bridgehead atoms. The van der Waals surface area contributed by atoms with Crippen molar-refractivity contribution in [3.05, 3.63) is 29.8 Å². The van der Waals surface area contributed by atoms with Gasteiger partial charge in [0, 0.05) is 12.7 Å². The lowest BCUT2D eigenvalue weighted by atomic mass is 9.98. The van der Waals surface area contributed by atoms with E-state index in [0.29, 0.717) is 18.4 Å². The zero-order valence-corrected chi connectivity index (χ0v) is 9.95. The Balaban J connectivity index is 1.91. The van der Waals surface area contributed by atoms with E-state index in [2.05, 4.69) is 17.2 Å². The van der Waals surface area contributed by atoms with Crippen LogP contribution in [0.15, 0.2) is 18.3 Å². The quantitative estimate of drug-likeness (QED) is 0.819. The molecule has 0 aromatic carbocycles. The molecule has 1 heterocycles. The van der Waals surface area contributed by atoms with Crippen molar-refractivity contribution in [2.45, 2.75) is 26.2 Å². The van der Waals surface area contributed by atoms with Crippen LogP contribution in [0.1, 0.15) is 36.5 Å². The Morgan fingerprint density at radius 3 is 3.06 bits per heavy atom. The summed E-state index contributed by atoms with van der Waals surface area (Å²) in [4.78, 5) is 15.2. The van der Waals surface area contributed by atoms with Gasteiger partial charge in [0.1, 0.15) is 0 Å². The lowest BCUT2D eigenvalue weighted by Gasteiger charge is -2.15. The molecule has 2 atom stereocenters. The van der Waals surface area contributed by atoms with Crippen molar-refractivity contribution in [2.75, 3.05) is 6.54 Å². The third-order valence-electron chi connectivity index (χ3n) is 3.57. The maximum Gasteiger partial charge on any atom is 0.255 e. The van der Waals surface area contributed by atoms with Crippen LogP contribution in [0.2, 0.25) is 0 Å². The molecule has 0 spiro atoms. The predicted octanol–water partition coefficient (Wildman–Crippen LogP) is 2.39. The molecule has 17 heavy (non-hydrogen) atoms. The third kappa shape index (κ3) is 2.81. The number of nitrogens with zero attached hydrogens (tertiary/aromatic N) is 1. The van der Waals surface area contributed by atoms with Crippen molar-refractivity contribution in [1.82, 2.24) is 10.3 Å². The Morgan fingerprint density at radius 1 is 1.59 bits per heavy atom. The number of halogens is 1. The van der Waals surface area contributed by atoms with Crippen LogP contribution in [0.5, 0.6) is 0 Å². The normalized spacial score (nSPS) is 23.6. The smallest absolute Gasteiger partial charge is 0.255 e. The van der Waals surface area contributed by atoms with E-state index < -0.39 is 5.95 Å². The first-order valence-corrected chi connectivity index (χ1v) is 6.07. The molecule has 1 aliphatic carbocycles. The average molecular weight is 236 g/mol. The predicted molar refractivity (Wildman–Crippen MR) is 63.0 cm³/mol. The van der Waals surface area contributed by atoms with Gasteiger partial charge in [0.15, 0.2) is 0 Å². The van der Waals surface area contributed by atoms with Crippen molar-refractivity contribution < 1.29 is 9.18 Å². The van der Waals surface area contributed by atoms with Crippen LogP contribution in [-0.2, 0) is 0 Å². The van der Waals surface area contributed by atoms with Gasteiger partial charge in [-0.15, -0.1) is 0 Å². The Morgan fingerprint density at radius 2 is 2.41 bits per heavy atom. The fourth-order valence-corrected chi connectivity index (χ4v) is 2.40. The topological polar surface area (TPSA) is 42.0 Å². The maximum absolute atomic E-state index is 13.2. The van der Waals surface area contributed by atoms with Gasteiger partial charge in [-0.1, -0.05) is 19.8 Å². The number of carbonyl (C=O) groups is 1. The molecular formula is C13H17FN2O. The largest absolute Gasteiger partial charge is 0.352 e. The van der Waals surface area contributed by atoms with Gasteiger partial charge in [0.2, 0.25) is 5.95 Å². The minimum Gasteiger partial charge on any atom is -0.352 e. The molecule has 1 saturated carbocycles. The van der Waals surface area contributed by atoms with Crippen LogP contribution < -0.4 is 5.32 Å². The standard InChI is InChI=1S/C13H17FN2O/c1-9-4-2-5-10(9)8-16-13(17)11-6-3-7-15-12(11)14/h3,6-7,9-10H,2,4-5,8H2,1H3,(H,16,17). The summed E-state index contributed by atoms with van der Waals surface area (Å²) in [7, 11) is 0. The minimum atomic E-state index is -0.704. The molecule has 2 rings (SSSR count). The number of pyridine rings is 1. The highest BCUT2D eigenvalue weighted by atomic mass is 19.1. The second-order valence-corrected chi connectivity index (χ2v) is 4.72. The van der Waals surface area contributed by atoms with Crippen molar-refractivity contribution in [2.24, 2.45) is 11.8 Å². The molecule has 1 fully saturated rings. The van der Waals surface area contributed by atoms with E-state index in [4.69, 9.17) is 0 Å². The van der Waals surface area contributed by atoms with Crippen LogP contribution >= 0.6 is 0 Å². The Kier molecular flexibility index (Phi) is 3.71. The fraction of sp³-hybridized carbons (Fsp3) is 0.538. The molecule has 3 nitrogen and oxygen atoms in total. The molecule has 1 aliphatic rings. The van der Waals surface area contributed by atoms with E-state index in [1.54, 1.807) is 6.07 Å². The highest BCUT2D eigenvalue weighted by molar-refractivity contribution is 5.94. The van der Waals surface area contributed by atoms with Crippen molar-refractivity contribution in [3.8, 4) is 0 Å². The van der Waals surface area contributed by atoms with E-state index in [0.717, 1.165) is 6.42 Å². The van der Waals surface area contributed by atoms with E-state index in [1.807, 2.05) is 0 Å². The van der Waals surface area contributed by atoms with E-state index in [-0.39, 0.29) is 11.5 Å². The number of amides is 1. The zero-order chi connectivity index (χ0) is 12.3. The molecule has 1 N–H and O–H groups in total. The average Bonchev–Trinajstić information content (AvgIpc) is 2.72. The summed E-state index contributed by atoms with van der Waals surface area (Å²) >= 11 is 0. The van der Waals surface area contributed by atoms with Crippen molar-refractivity contribution >= 4 is 5.91 Å². The first-order valence-electron chi connectivity index (χ1n) is 6.07. The van der Waals surface area contributed by atoms with Gasteiger partial charge < -0.3 is 5.32 Å². The number of nitrogens with one attached hydrogen (secondary N) is 1. The summed E-state index contributed by atoms with van der Waals surface area (Å²) in [6, 6.07) is 3.02. The van der Waals surface area contributed by atoms with Crippen LogP contribution in [-0.4, -0.2) is 17.4 Å². The second kappa shape index (κ2) is 5.25. The Bertz CT molecular complexity index is 408. The van der Waals surface area contributed by atoms with Crippen molar-refractivity contribution in [3.63, 3.8) is 0 Å². The number of hydrogen-bond acceptors (Lipinski definition) is 2. The minimum absolute atomic E-state index is 0.0261. The molecule has 1 aromatic heterocycles. The molecular weight excluding hydrogens is 219 g/mol. The highest BCUT2D eigenvalue weighted by Gasteiger charge is 2.24. The van der Waals surface area contributed by atoms with Gasteiger partial charge in [0.05, 0.1) is 5.56 Å². The van der Waals surface area contributed by atoms with Crippen LogP contribution in [0.3, 0.4) is 0 Å². The van der Waals surface area contributed by atoms with Gasteiger partial charge >= 0.3 is 0 Å². The zero-order valence-electron chi connectivity index (χ0n) is 9.95. The molecule has 1 aromatic rings. The summed E-state index contributed by atoms with van der Waals surface area (Å²) in [5, 5.41) is 2.79. The summed E-state index contributed by atoms with van der Waals surface area (Å²) in [5.74, 6) is 0.104. The maximum atomic E-state index is 13.2. The molecule has 4 heteroatoms. The Labute approximate surface area is 100 Å². The number of hydrogen-bond donors (Lipinski definition) is 1. The molecule has 0 saturated heterocycles. The van der Waals surface area contributed by atoms with Gasteiger partial charge in [0.25, 0.3) is 5.91 Å². The number of aromatic nitrogens is 1. The van der Waals surface area contributed by atoms with E-state index >= 15 is 0 Å². The molecule has 0 aliphatic heterocycles. The lowest BCUT2D eigenvalue weighted by molar-refractivity contribution is 0.0939. The SMILES string of the molecule is CC1CCCC1CNC(=O)c1cccnc1F. The third-order valence-corrected chi connectivity index (χ3v) is 3.57. The van der Waals surface area contributed by atoms with Crippen LogP contribution in [0, 0.1) is 17.8 Å². The first kappa shape index (κ1) is 12.0. The summed E-state index contributed by atoms with van der Waals surface area (Å²) in [5.41, 5.74) is 0.0261. The van der Waals surface area contributed by atoms with E-state index in [9.17, 15) is 9.18 Å². The second-order valence-electron chi connectivity index (χ2n) is 4.72. The van der Waals surface area contributed by atoms with Crippen LogP contribution in [0.4, 0.5) is 4.39 Å². The molecule has 1 amide bonds. The highest BCUT2D eigenvalue weighted by Crippen LogP contribution is 2.30. The lowest BCUT2D eigenvalue weighted by Crippen LogP contribution is -2.31. The summed E-state index contributed by atoms with van der Waals surface area (Å²) < 4.78 is 13.2. The molecule has 0 radical (unpaired) electrons. The molecule has 2 unspecified atom stereocenters. The molecule has 92 valence electrons. The van der Waals surface area contributed by atoms with Gasteiger partial charge in [-0.3, -0.25) is 4.79 Å². The fourth-order valence-electron chi connectivity index (χ4n) is 2.40. The van der Waals surface area contributed by atoms with Gasteiger partial charge in [-0.05, 0) is 30.4 Å². The number of rotatable bonds is 3. The van der Waals surface area contributed by atoms with Gasteiger partial charge in [-0.2, -0.15) is 4.39 Å². The first-order chi connectivity index (χ1) is 8.18. The summed E-state index contributed by atoms with van der Waals surface area (Å²) in [6.45, 7) is 2.84. The van der Waals surface area contributed by atoms with Crippen molar-refractivity contribution in [1.29, 1.82) is 0 Å². The van der Waals surface area contributed by atoms with Gasteiger partial charge in [-0.25, -0.2) is 4.98 Å². The van der Waals surface area contributed by atoms with Crippen LogP contribution in [0.25, 0.3) is 0 Å². The Hall–Kier alpha value is -1.45. The summed E-state index contributed by atoms with van der Waals surface area (Å²) in [6.07, 6.45) is 4.94. The number of carbonyl (C=O) groups excluding carboxylic acids is 1.